The topological polar surface area (TPSA) is 89.5 Å². The van der Waals surface area contributed by atoms with Crippen LogP contribution >= 0.6 is 34.5 Å². The summed E-state index contributed by atoms with van der Waals surface area (Å²) >= 11 is 13.2. The third-order valence-corrected chi connectivity index (χ3v) is 5.65. The molecule has 1 aliphatic rings. The van der Waals surface area contributed by atoms with E-state index in [1.807, 2.05) is 11.4 Å². The van der Waals surface area contributed by atoms with Crippen molar-refractivity contribution >= 4 is 57.2 Å². The van der Waals surface area contributed by atoms with Gasteiger partial charge in [0.15, 0.2) is 11.7 Å². The highest BCUT2D eigenvalue weighted by molar-refractivity contribution is 7.14. The van der Waals surface area contributed by atoms with Gasteiger partial charge < -0.3 is 20.1 Å². The third-order valence-electron chi connectivity index (χ3n) is 4.36. The molecule has 0 spiro atoms. The Labute approximate surface area is 192 Å². The number of amides is 2. The van der Waals surface area contributed by atoms with Gasteiger partial charge in [0.25, 0.3) is 5.91 Å². The number of hydrogen-bond donors (Lipinski definition) is 2. The van der Waals surface area contributed by atoms with Crippen LogP contribution in [-0.4, -0.2) is 30.0 Å². The number of aromatic nitrogens is 1. The number of carbonyl (C=O) groups excluding carboxylic acids is 2. The second kappa shape index (κ2) is 9.55. The Hall–Kier alpha value is -2.81. The Morgan fingerprint density at radius 1 is 1.26 bits per heavy atom. The summed E-state index contributed by atoms with van der Waals surface area (Å²) in [6, 6.07) is 10.4. The molecule has 0 radical (unpaired) electrons. The van der Waals surface area contributed by atoms with Crippen molar-refractivity contribution in [3.05, 3.63) is 51.8 Å². The van der Waals surface area contributed by atoms with Crippen LogP contribution < -0.4 is 20.1 Å². The summed E-state index contributed by atoms with van der Waals surface area (Å²) in [5.74, 6) is 0.799. The highest BCUT2D eigenvalue weighted by Crippen LogP contribution is 2.34. The zero-order valence-electron chi connectivity index (χ0n) is 16.1. The van der Waals surface area contributed by atoms with Crippen molar-refractivity contribution in [2.24, 2.45) is 0 Å². The molecule has 0 bridgehead atoms. The largest absolute Gasteiger partial charge is 0.492 e. The lowest BCUT2D eigenvalue weighted by atomic mass is 10.1. The molecule has 1 aliphatic heterocycles. The van der Waals surface area contributed by atoms with E-state index in [9.17, 15) is 9.59 Å². The number of anilines is 2. The van der Waals surface area contributed by atoms with Gasteiger partial charge in [0.2, 0.25) is 5.91 Å². The summed E-state index contributed by atoms with van der Waals surface area (Å²) in [6.45, 7) is 0.359. The monoisotopic (exact) mass is 477 g/mol. The lowest BCUT2D eigenvalue weighted by Gasteiger charge is -2.18. The molecule has 0 atom stereocenters. The van der Waals surface area contributed by atoms with Gasteiger partial charge in [-0.25, -0.2) is 4.98 Å². The fraction of sp³-hybridized carbons (Fsp3) is 0.190. The van der Waals surface area contributed by atoms with E-state index >= 15 is 0 Å². The van der Waals surface area contributed by atoms with E-state index in [0.29, 0.717) is 51.1 Å². The molecule has 31 heavy (non-hydrogen) atoms. The van der Waals surface area contributed by atoms with Crippen molar-refractivity contribution in [1.29, 1.82) is 0 Å². The number of halogens is 2. The van der Waals surface area contributed by atoms with Crippen LogP contribution in [0.2, 0.25) is 10.0 Å². The smallest absolute Gasteiger partial charge is 0.262 e. The SMILES string of the molecule is O=C(CCCOc1ccc(Cl)cc1Cl)Nc1nc(-c2ccc3c(c2)NC(=O)CO3)cs1. The van der Waals surface area contributed by atoms with Crippen molar-refractivity contribution in [3.8, 4) is 22.8 Å². The Kier molecular flexibility index (Phi) is 6.60. The molecule has 0 unspecified atom stereocenters. The van der Waals surface area contributed by atoms with E-state index < -0.39 is 0 Å². The first-order chi connectivity index (χ1) is 15.0. The first kappa shape index (κ1) is 21.4. The highest BCUT2D eigenvalue weighted by Gasteiger charge is 2.17. The average molecular weight is 478 g/mol. The van der Waals surface area contributed by atoms with Gasteiger partial charge in [0, 0.05) is 22.4 Å². The maximum atomic E-state index is 12.2. The minimum Gasteiger partial charge on any atom is -0.492 e. The first-order valence-electron chi connectivity index (χ1n) is 9.38. The molecule has 4 rings (SSSR count). The second-order valence-electron chi connectivity index (χ2n) is 6.66. The minimum absolute atomic E-state index is 0.0109. The molecule has 160 valence electrons. The number of nitrogens with one attached hydrogen (secondary N) is 2. The number of carbonyl (C=O) groups is 2. The molecular formula is C21H17Cl2N3O4S. The van der Waals surface area contributed by atoms with Gasteiger partial charge in [-0.1, -0.05) is 23.2 Å². The standard InChI is InChI=1S/C21H17Cl2N3O4S/c22-13-4-6-17(14(23)9-13)29-7-1-2-19(27)26-21-25-16(11-31-21)12-3-5-18-15(8-12)24-20(28)10-30-18/h3-6,8-9,11H,1-2,7,10H2,(H,24,28)(H,25,26,27). The molecular weight excluding hydrogens is 461 g/mol. The molecule has 7 nitrogen and oxygen atoms in total. The number of thiazole rings is 1. The zero-order valence-corrected chi connectivity index (χ0v) is 18.4. The maximum Gasteiger partial charge on any atom is 0.262 e. The number of hydrogen-bond acceptors (Lipinski definition) is 6. The van der Waals surface area contributed by atoms with E-state index in [2.05, 4.69) is 15.6 Å². The Bertz CT molecular complexity index is 1140. The van der Waals surface area contributed by atoms with Gasteiger partial charge in [-0.3, -0.25) is 9.59 Å². The fourth-order valence-corrected chi connectivity index (χ4v) is 4.09. The number of nitrogens with zero attached hydrogens (tertiary/aromatic N) is 1. The van der Waals surface area contributed by atoms with Crippen molar-refractivity contribution < 1.29 is 19.1 Å². The summed E-state index contributed by atoms with van der Waals surface area (Å²) in [5.41, 5.74) is 2.12. The number of ether oxygens (including phenoxy) is 2. The van der Waals surface area contributed by atoms with Gasteiger partial charge in [-0.05, 0) is 42.8 Å². The molecule has 2 aromatic carbocycles. The number of rotatable bonds is 7. The normalized spacial score (nSPS) is 12.5. The van der Waals surface area contributed by atoms with Crippen molar-refractivity contribution in [2.45, 2.75) is 12.8 Å². The van der Waals surface area contributed by atoms with Gasteiger partial charge in [-0.15, -0.1) is 11.3 Å². The summed E-state index contributed by atoms with van der Waals surface area (Å²) in [5, 5.41) is 8.87. The van der Waals surface area contributed by atoms with Crippen molar-refractivity contribution in [2.75, 3.05) is 23.8 Å². The van der Waals surface area contributed by atoms with Crippen LogP contribution in [-0.2, 0) is 9.59 Å². The van der Waals surface area contributed by atoms with Gasteiger partial charge >= 0.3 is 0 Å². The summed E-state index contributed by atoms with van der Waals surface area (Å²) in [6.07, 6.45) is 0.801. The summed E-state index contributed by atoms with van der Waals surface area (Å²) in [7, 11) is 0. The predicted molar refractivity (Wildman–Crippen MR) is 121 cm³/mol. The third kappa shape index (κ3) is 5.46. The van der Waals surface area contributed by atoms with Crippen LogP contribution in [0.5, 0.6) is 11.5 Å². The summed E-state index contributed by atoms with van der Waals surface area (Å²) < 4.78 is 10.9. The fourth-order valence-electron chi connectivity index (χ4n) is 2.90. The molecule has 2 N–H and O–H groups in total. The quantitative estimate of drug-likeness (QED) is 0.453. The average Bonchev–Trinajstić information content (AvgIpc) is 3.20. The van der Waals surface area contributed by atoms with Crippen LogP contribution in [0.4, 0.5) is 10.8 Å². The predicted octanol–water partition coefficient (Wildman–Crippen LogP) is 5.25. The van der Waals surface area contributed by atoms with Crippen LogP contribution in [0.3, 0.4) is 0 Å². The van der Waals surface area contributed by atoms with E-state index in [1.165, 1.54) is 11.3 Å². The van der Waals surface area contributed by atoms with Gasteiger partial charge in [0.05, 0.1) is 23.0 Å². The molecule has 0 fully saturated rings. The van der Waals surface area contributed by atoms with Gasteiger partial charge in [0.1, 0.15) is 11.5 Å². The zero-order chi connectivity index (χ0) is 21.8. The van der Waals surface area contributed by atoms with Crippen LogP contribution in [0.1, 0.15) is 12.8 Å². The summed E-state index contributed by atoms with van der Waals surface area (Å²) in [4.78, 5) is 28.2. The first-order valence-corrected chi connectivity index (χ1v) is 11.0. The lowest BCUT2D eigenvalue weighted by molar-refractivity contribution is -0.118. The molecule has 10 heteroatoms. The number of benzene rings is 2. The maximum absolute atomic E-state index is 12.2. The van der Waals surface area contributed by atoms with E-state index in [1.54, 1.807) is 30.3 Å². The molecule has 1 aromatic heterocycles. The molecule has 3 aromatic rings. The van der Waals surface area contributed by atoms with E-state index in [4.69, 9.17) is 32.7 Å². The molecule has 0 aliphatic carbocycles. The lowest BCUT2D eigenvalue weighted by Crippen LogP contribution is -2.25. The van der Waals surface area contributed by atoms with Crippen molar-refractivity contribution in [1.82, 2.24) is 4.98 Å². The minimum atomic E-state index is -0.196. The Balaban J connectivity index is 1.28. The molecule has 0 saturated carbocycles. The Morgan fingerprint density at radius 3 is 2.97 bits per heavy atom. The molecule has 2 heterocycles. The highest BCUT2D eigenvalue weighted by atomic mass is 35.5. The Morgan fingerprint density at radius 2 is 2.13 bits per heavy atom. The molecule has 2 amide bonds. The van der Waals surface area contributed by atoms with Gasteiger partial charge in [-0.2, -0.15) is 0 Å². The molecule has 0 saturated heterocycles. The van der Waals surface area contributed by atoms with Crippen LogP contribution in [0, 0.1) is 0 Å². The number of fused-ring (bicyclic) bond motifs is 1. The van der Waals surface area contributed by atoms with Crippen LogP contribution in [0.25, 0.3) is 11.3 Å². The second-order valence-corrected chi connectivity index (χ2v) is 8.36. The van der Waals surface area contributed by atoms with Crippen LogP contribution in [0.15, 0.2) is 41.8 Å². The van der Waals surface area contributed by atoms with E-state index in [-0.39, 0.29) is 24.8 Å². The van der Waals surface area contributed by atoms with Crippen molar-refractivity contribution in [3.63, 3.8) is 0 Å². The van der Waals surface area contributed by atoms with E-state index in [0.717, 1.165) is 5.56 Å².